The molecular formula is C19H20N2O4. The fraction of sp³-hybridized carbons (Fsp3) is 0.263. The highest BCUT2D eigenvalue weighted by molar-refractivity contribution is 5.97. The third-order valence-corrected chi connectivity index (χ3v) is 3.98. The summed E-state index contributed by atoms with van der Waals surface area (Å²) >= 11 is 0. The average molecular weight is 340 g/mol. The molecule has 2 amide bonds. The molecule has 2 aromatic carbocycles. The van der Waals surface area contributed by atoms with Crippen molar-refractivity contribution >= 4 is 23.2 Å². The van der Waals surface area contributed by atoms with Crippen molar-refractivity contribution in [1.82, 2.24) is 0 Å². The molecule has 6 nitrogen and oxygen atoms in total. The maximum Gasteiger partial charge on any atom is 0.228 e. The van der Waals surface area contributed by atoms with Gasteiger partial charge in [-0.15, -0.1) is 0 Å². The summed E-state index contributed by atoms with van der Waals surface area (Å²) in [5, 5.41) is 2.86. The number of amides is 2. The minimum Gasteiger partial charge on any atom is -0.497 e. The number of nitrogens with one attached hydrogen (secondary N) is 1. The van der Waals surface area contributed by atoms with Gasteiger partial charge in [0.1, 0.15) is 18.1 Å². The zero-order valence-corrected chi connectivity index (χ0v) is 14.2. The van der Waals surface area contributed by atoms with E-state index >= 15 is 0 Å². The van der Waals surface area contributed by atoms with Gasteiger partial charge in [0.15, 0.2) is 0 Å². The number of hydrogen-bond acceptors (Lipinski definition) is 4. The average Bonchev–Trinajstić information content (AvgIpc) is 2.61. The number of nitrogens with zero attached hydrogens (tertiary/aromatic N) is 1. The van der Waals surface area contributed by atoms with Crippen LogP contribution in [0.15, 0.2) is 42.5 Å². The van der Waals surface area contributed by atoms with Crippen LogP contribution in [0.25, 0.3) is 0 Å². The molecule has 0 atom stereocenters. The smallest absolute Gasteiger partial charge is 0.228 e. The Morgan fingerprint density at radius 2 is 2.08 bits per heavy atom. The van der Waals surface area contributed by atoms with Crippen molar-refractivity contribution in [2.45, 2.75) is 13.3 Å². The molecule has 0 saturated carbocycles. The number of fused-ring (bicyclic) bond motifs is 1. The summed E-state index contributed by atoms with van der Waals surface area (Å²) in [5.41, 5.74) is 2.17. The standard InChI is InChI=1S/C19H20N2O4/c1-13(22)21-8-9-25-18-7-6-15(12-17(18)21)20-19(23)11-14-4-3-5-16(10-14)24-2/h3-7,10,12H,8-9,11H2,1-2H3,(H,20,23). The van der Waals surface area contributed by atoms with Crippen molar-refractivity contribution in [3.05, 3.63) is 48.0 Å². The second-order valence-electron chi connectivity index (χ2n) is 5.78. The van der Waals surface area contributed by atoms with Crippen LogP contribution < -0.4 is 19.7 Å². The van der Waals surface area contributed by atoms with E-state index in [0.717, 1.165) is 5.56 Å². The second-order valence-corrected chi connectivity index (χ2v) is 5.78. The second kappa shape index (κ2) is 7.25. The normalized spacial score (nSPS) is 12.8. The van der Waals surface area contributed by atoms with E-state index in [1.54, 1.807) is 30.2 Å². The summed E-state index contributed by atoms with van der Waals surface area (Å²) in [5.74, 6) is 1.17. The van der Waals surface area contributed by atoms with Gasteiger partial charge in [0, 0.05) is 12.6 Å². The Bertz CT molecular complexity index is 804. The fourth-order valence-electron chi connectivity index (χ4n) is 2.80. The molecule has 0 saturated heterocycles. The van der Waals surface area contributed by atoms with Gasteiger partial charge in [-0.1, -0.05) is 12.1 Å². The summed E-state index contributed by atoms with van der Waals surface area (Å²) in [6, 6.07) is 12.7. The quantitative estimate of drug-likeness (QED) is 0.929. The van der Waals surface area contributed by atoms with Gasteiger partial charge in [-0.25, -0.2) is 0 Å². The predicted octanol–water partition coefficient (Wildman–Crippen LogP) is 2.62. The number of hydrogen-bond donors (Lipinski definition) is 1. The van der Waals surface area contributed by atoms with Crippen molar-refractivity contribution in [3.63, 3.8) is 0 Å². The Kier molecular flexibility index (Phi) is 4.88. The highest BCUT2D eigenvalue weighted by Gasteiger charge is 2.21. The molecular weight excluding hydrogens is 320 g/mol. The van der Waals surface area contributed by atoms with Gasteiger partial charge in [0.25, 0.3) is 0 Å². The fourth-order valence-corrected chi connectivity index (χ4v) is 2.80. The summed E-state index contributed by atoms with van der Waals surface area (Å²) < 4.78 is 10.7. The molecule has 0 aliphatic carbocycles. The first-order valence-corrected chi connectivity index (χ1v) is 8.04. The molecule has 0 bridgehead atoms. The first kappa shape index (κ1) is 16.8. The highest BCUT2D eigenvalue weighted by Crippen LogP contribution is 2.34. The zero-order chi connectivity index (χ0) is 17.8. The first-order chi connectivity index (χ1) is 12.1. The third-order valence-electron chi connectivity index (χ3n) is 3.98. The Morgan fingerprint density at radius 3 is 2.84 bits per heavy atom. The highest BCUT2D eigenvalue weighted by atomic mass is 16.5. The van der Waals surface area contributed by atoms with Crippen LogP contribution in [0.1, 0.15) is 12.5 Å². The minimum atomic E-state index is -0.140. The molecule has 130 valence electrons. The van der Waals surface area contributed by atoms with Gasteiger partial charge in [-0.2, -0.15) is 0 Å². The van der Waals surface area contributed by atoms with E-state index in [0.29, 0.717) is 36.0 Å². The van der Waals surface area contributed by atoms with E-state index < -0.39 is 0 Å². The summed E-state index contributed by atoms with van der Waals surface area (Å²) in [6.45, 7) is 2.49. The van der Waals surface area contributed by atoms with Gasteiger partial charge in [0.2, 0.25) is 11.8 Å². The number of carbonyl (C=O) groups excluding carboxylic acids is 2. The lowest BCUT2D eigenvalue weighted by Crippen LogP contribution is -2.36. The molecule has 0 radical (unpaired) electrons. The molecule has 0 unspecified atom stereocenters. The Hall–Kier alpha value is -3.02. The summed E-state index contributed by atoms with van der Waals surface area (Å²) in [4.78, 5) is 25.7. The van der Waals surface area contributed by atoms with Crippen molar-refractivity contribution in [3.8, 4) is 11.5 Å². The third kappa shape index (κ3) is 3.91. The van der Waals surface area contributed by atoms with Gasteiger partial charge >= 0.3 is 0 Å². The number of ether oxygens (including phenoxy) is 2. The Morgan fingerprint density at radius 1 is 1.24 bits per heavy atom. The zero-order valence-electron chi connectivity index (χ0n) is 14.2. The molecule has 6 heteroatoms. The van der Waals surface area contributed by atoms with E-state index in [2.05, 4.69) is 5.32 Å². The van der Waals surface area contributed by atoms with E-state index in [1.165, 1.54) is 6.92 Å². The molecule has 0 fully saturated rings. The maximum atomic E-state index is 12.3. The van der Waals surface area contributed by atoms with Crippen LogP contribution in [0.5, 0.6) is 11.5 Å². The molecule has 2 aromatic rings. The van der Waals surface area contributed by atoms with E-state index in [1.807, 2.05) is 24.3 Å². The molecule has 1 aliphatic rings. The van der Waals surface area contributed by atoms with Crippen LogP contribution in [-0.2, 0) is 16.0 Å². The van der Waals surface area contributed by atoms with Crippen molar-refractivity contribution in [2.24, 2.45) is 0 Å². The van der Waals surface area contributed by atoms with Crippen LogP contribution in [0.3, 0.4) is 0 Å². The van der Waals surface area contributed by atoms with Gasteiger partial charge in [-0.3, -0.25) is 9.59 Å². The van der Waals surface area contributed by atoms with Crippen LogP contribution in [-0.4, -0.2) is 32.1 Å². The predicted molar refractivity (Wildman–Crippen MR) is 95.3 cm³/mol. The van der Waals surface area contributed by atoms with Gasteiger partial charge < -0.3 is 19.7 Å². The first-order valence-electron chi connectivity index (χ1n) is 8.04. The summed E-state index contributed by atoms with van der Waals surface area (Å²) in [7, 11) is 1.59. The molecule has 0 aromatic heterocycles. The number of carbonyl (C=O) groups is 2. The van der Waals surface area contributed by atoms with Crippen molar-refractivity contribution < 1.29 is 19.1 Å². The topological polar surface area (TPSA) is 67.9 Å². The number of anilines is 2. The Balaban J connectivity index is 1.73. The van der Waals surface area contributed by atoms with Crippen molar-refractivity contribution in [1.29, 1.82) is 0 Å². The van der Waals surface area contributed by atoms with E-state index in [4.69, 9.17) is 9.47 Å². The van der Waals surface area contributed by atoms with Crippen LogP contribution >= 0.6 is 0 Å². The number of benzene rings is 2. The SMILES string of the molecule is COc1cccc(CC(=O)Nc2ccc3c(c2)N(C(C)=O)CCO3)c1. The van der Waals surface area contributed by atoms with E-state index in [9.17, 15) is 9.59 Å². The monoisotopic (exact) mass is 340 g/mol. The van der Waals surface area contributed by atoms with Gasteiger partial charge in [-0.05, 0) is 35.9 Å². The number of methoxy groups -OCH3 is 1. The summed E-state index contributed by atoms with van der Waals surface area (Å²) in [6.07, 6.45) is 0.237. The molecule has 1 heterocycles. The van der Waals surface area contributed by atoms with Crippen LogP contribution in [0.2, 0.25) is 0 Å². The molecule has 1 aliphatic heterocycles. The molecule has 25 heavy (non-hydrogen) atoms. The van der Waals surface area contributed by atoms with Crippen LogP contribution in [0.4, 0.5) is 11.4 Å². The molecule has 0 spiro atoms. The van der Waals surface area contributed by atoms with Crippen molar-refractivity contribution in [2.75, 3.05) is 30.5 Å². The lowest BCUT2D eigenvalue weighted by molar-refractivity contribution is -0.117. The number of rotatable bonds is 4. The lowest BCUT2D eigenvalue weighted by Gasteiger charge is -2.29. The van der Waals surface area contributed by atoms with Gasteiger partial charge in [0.05, 0.1) is 25.8 Å². The molecule has 3 rings (SSSR count). The van der Waals surface area contributed by atoms with E-state index in [-0.39, 0.29) is 18.2 Å². The van der Waals surface area contributed by atoms with Crippen LogP contribution in [0, 0.1) is 0 Å². The maximum absolute atomic E-state index is 12.3. The minimum absolute atomic E-state index is 0.0515. The lowest BCUT2D eigenvalue weighted by atomic mass is 10.1. The largest absolute Gasteiger partial charge is 0.497 e. The Labute approximate surface area is 146 Å². The molecule has 1 N–H and O–H groups in total.